The molecule has 8 heteroatoms. The molecule has 1 rings (SSSR count). The summed E-state index contributed by atoms with van der Waals surface area (Å²) in [4.78, 5) is 25.9. The summed E-state index contributed by atoms with van der Waals surface area (Å²) in [6, 6.07) is 3.42. The predicted molar refractivity (Wildman–Crippen MR) is 94.2 cm³/mol. The first-order valence-corrected chi connectivity index (χ1v) is 8.62. The van der Waals surface area contributed by atoms with Gasteiger partial charge in [0.05, 0.1) is 20.3 Å². The lowest BCUT2D eigenvalue weighted by Crippen LogP contribution is -2.49. The first kappa shape index (κ1) is 20.1. The maximum absolute atomic E-state index is 12.0. The highest BCUT2D eigenvalue weighted by molar-refractivity contribution is 7.98. The maximum Gasteiger partial charge on any atom is 0.255 e. The Morgan fingerprint density at radius 3 is 2.29 bits per heavy atom. The minimum Gasteiger partial charge on any atom is -0.493 e. The van der Waals surface area contributed by atoms with Gasteiger partial charge in [-0.3, -0.25) is 25.3 Å². The number of thioether (sulfide) groups is 1. The van der Waals surface area contributed by atoms with E-state index in [1.807, 2.05) is 30.3 Å². The van der Waals surface area contributed by atoms with Crippen molar-refractivity contribution in [1.29, 1.82) is 0 Å². The summed E-state index contributed by atoms with van der Waals surface area (Å²) in [6.45, 7) is 3.66. The number of methoxy groups -OCH3 is 2. The number of amides is 2. The Hall–Kier alpha value is -1.93. The van der Waals surface area contributed by atoms with E-state index >= 15 is 0 Å². The van der Waals surface area contributed by atoms with Crippen molar-refractivity contribution < 1.29 is 19.1 Å². The molecule has 134 valence electrons. The van der Waals surface area contributed by atoms with E-state index in [2.05, 4.69) is 10.9 Å². The summed E-state index contributed by atoms with van der Waals surface area (Å²) >= 11 is 1.60. The molecule has 1 atom stereocenters. The van der Waals surface area contributed by atoms with Crippen LogP contribution in [0, 0.1) is 0 Å². The number of carbonyl (C=O) groups excluding carboxylic acids is 2. The van der Waals surface area contributed by atoms with E-state index in [1.54, 1.807) is 32.9 Å². The molecule has 0 spiro atoms. The third-order valence-corrected chi connectivity index (χ3v) is 4.43. The predicted octanol–water partition coefficient (Wildman–Crippen LogP) is 1.41. The molecule has 2 amide bonds. The molecule has 0 aliphatic rings. The fourth-order valence-electron chi connectivity index (χ4n) is 2.08. The van der Waals surface area contributed by atoms with Crippen LogP contribution in [-0.2, 0) is 16.1 Å². The van der Waals surface area contributed by atoms with Crippen LogP contribution < -0.4 is 20.3 Å². The second kappa shape index (κ2) is 9.39. The van der Waals surface area contributed by atoms with Gasteiger partial charge >= 0.3 is 0 Å². The molecule has 0 aromatic heterocycles. The molecule has 1 aromatic carbocycles. The number of hydrazine groups is 1. The average molecular weight is 355 g/mol. The van der Waals surface area contributed by atoms with Crippen molar-refractivity contribution >= 4 is 23.6 Å². The lowest BCUT2D eigenvalue weighted by Gasteiger charge is -2.25. The number of carbonyl (C=O) groups is 2. The quantitative estimate of drug-likeness (QED) is 0.569. The van der Waals surface area contributed by atoms with Gasteiger partial charge in [0.15, 0.2) is 11.5 Å². The Labute approximate surface area is 147 Å². The van der Waals surface area contributed by atoms with Crippen LogP contribution in [-0.4, -0.2) is 50.3 Å². The van der Waals surface area contributed by atoms with Gasteiger partial charge in [0, 0.05) is 18.4 Å². The number of hydrogen-bond acceptors (Lipinski definition) is 6. The highest BCUT2D eigenvalue weighted by Crippen LogP contribution is 2.35. The van der Waals surface area contributed by atoms with Crippen LogP contribution in [0.15, 0.2) is 17.0 Å². The minimum absolute atomic E-state index is 0.279. The lowest BCUT2D eigenvalue weighted by molar-refractivity contribution is -0.130. The molecule has 0 heterocycles. The largest absolute Gasteiger partial charge is 0.493 e. The number of likely N-dealkylation sites (N-methyl/N-ethyl adjacent to an activating group) is 1. The summed E-state index contributed by atoms with van der Waals surface area (Å²) in [7, 11) is 5.04. The molecular formula is C16H25N3O4S. The topological polar surface area (TPSA) is 79.9 Å². The molecule has 0 saturated carbocycles. The van der Waals surface area contributed by atoms with E-state index in [9.17, 15) is 9.59 Å². The first-order chi connectivity index (χ1) is 11.3. The first-order valence-electron chi connectivity index (χ1n) is 7.39. The van der Waals surface area contributed by atoms with E-state index in [0.717, 1.165) is 10.5 Å². The SMILES string of the molecule is COc1cc(CN(C)C(C)C(=O)NNC(C)=O)c(SC)cc1OC. The maximum atomic E-state index is 12.0. The van der Waals surface area contributed by atoms with Crippen molar-refractivity contribution in [2.75, 3.05) is 27.5 Å². The second-order valence-electron chi connectivity index (χ2n) is 5.28. The van der Waals surface area contributed by atoms with E-state index in [-0.39, 0.29) is 11.8 Å². The molecule has 24 heavy (non-hydrogen) atoms. The molecule has 0 aliphatic carbocycles. The standard InChI is InChI=1S/C16H25N3O4S/c1-10(16(21)18-17-11(2)20)19(3)9-12-7-13(22-4)14(23-5)8-15(12)24-6/h7-8,10H,9H2,1-6H3,(H,17,20)(H,18,21). The van der Waals surface area contributed by atoms with Crippen LogP contribution >= 0.6 is 11.8 Å². The van der Waals surface area contributed by atoms with Gasteiger partial charge < -0.3 is 9.47 Å². The molecule has 0 fully saturated rings. The molecule has 1 unspecified atom stereocenters. The van der Waals surface area contributed by atoms with Gasteiger partial charge in [0.1, 0.15) is 0 Å². The average Bonchev–Trinajstić information content (AvgIpc) is 2.58. The van der Waals surface area contributed by atoms with E-state index in [0.29, 0.717) is 18.0 Å². The van der Waals surface area contributed by atoms with Crippen LogP contribution in [0.4, 0.5) is 0 Å². The summed E-state index contributed by atoms with van der Waals surface area (Å²) in [5.41, 5.74) is 5.71. The third-order valence-electron chi connectivity index (χ3n) is 3.61. The smallest absolute Gasteiger partial charge is 0.255 e. The summed E-state index contributed by atoms with van der Waals surface area (Å²) < 4.78 is 10.7. The minimum atomic E-state index is -0.417. The zero-order valence-electron chi connectivity index (χ0n) is 14.9. The number of benzene rings is 1. The monoisotopic (exact) mass is 355 g/mol. The number of nitrogens with one attached hydrogen (secondary N) is 2. The van der Waals surface area contributed by atoms with Crippen molar-refractivity contribution in [3.63, 3.8) is 0 Å². The summed E-state index contributed by atoms with van der Waals surface area (Å²) in [5.74, 6) is 0.723. The Kier molecular flexibility index (Phi) is 7.87. The Bertz CT molecular complexity index is 595. The highest BCUT2D eigenvalue weighted by atomic mass is 32.2. The van der Waals surface area contributed by atoms with Crippen LogP contribution in [0.1, 0.15) is 19.4 Å². The van der Waals surface area contributed by atoms with Crippen LogP contribution in [0.25, 0.3) is 0 Å². The van der Waals surface area contributed by atoms with Crippen molar-refractivity contribution in [2.24, 2.45) is 0 Å². The van der Waals surface area contributed by atoms with Crippen molar-refractivity contribution in [3.05, 3.63) is 17.7 Å². The third kappa shape index (κ3) is 5.31. The highest BCUT2D eigenvalue weighted by Gasteiger charge is 2.20. The Morgan fingerprint density at radius 1 is 1.21 bits per heavy atom. The second-order valence-corrected chi connectivity index (χ2v) is 6.13. The lowest BCUT2D eigenvalue weighted by atomic mass is 10.1. The fourth-order valence-corrected chi connectivity index (χ4v) is 2.69. The molecule has 7 nitrogen and oxygen atoms in total. The normalized spacial score (nSPS) is 11.8. The molecule has 1 aromatic rings. The number of hydrogen-bond donors (Lipinski definition) is 2. The van der Waals surface area contributed by atoms with Crippen LogP contribution in [0.5, 0.6) is 11.5 Å². The van der Waals surface area contributed by atoms with Gasteiger partial charge in [-0.15, -0.1) is 11.8 Å². The van der Waals surface area contributed by atoms with Gasteiger partial charge in [-0.05, 0) is 37.9 Å². The van der Waals surface area contributed by atoms with E-state index < -0.39 is 6.04 Å². The molecule has 0 bridgehead atoms. The van der Waals surface area contributed by atoms with Gasteiger partial charge in [0.2, 0.25) is 5.91 Å². The number of nitrogens with zero attached hydrogens (tertiary/aromatic N) is 1. The Balaban J connectivity index is 2.90. The van der Waals surface area contributed by atoms with E-state index in [1.165, 1.54) is 6.92 Å². The molecule has 0 radical (unpaired) electrons. The number of rotatable bonds is 7. The zero-order valence-corrected chi connectivity index (χ0v) is 15.7. The van der Waals surface area contributed by atoms with Crippen molar-refractivity contribution in [3.8, 4) is 11.5 Å². The zero-order chi connectivity index (χ0) is 18.3. The molecular weight excluding hydrogens is 330 g/mol. The molecule has 0 aliphatic heterocycles. The van der Waals surface area contributed by atoms with Gasteiger partial charge in [-0.1, -0.05) is 0 Å². The van der Waals surface area contributed by atoms with Gasteiger partial charge in [-0.2, -0.15) is 0 Å². The van der Waals surface area contributed by atoms with Gasteiger partial charge in [-0.25, -0.2) is 0 Å². The summed E-state index contributed by atoms with van der Waals surface area (Å²) in [6.07, 6.45) is 1.98. The molecule has 0 saturated heterocycles. The van der Waals surface area contributed by atoms with E-state index in [4.69, 9.17) is 9.47 Å². The molecule has 2 N–H and O–H groups in total. The number of ether oxygens (including phenoxy) is 2. The summed E-state index contributed by atoms with van der Waals surface area (Å²) in [5, 5.41) is 0. The van der Waals surface area contributed by atoms with Gasteiger partial charge in [0.25, 0.3) is 5.91 Å². The fraction of sp³-hybridized carbons (Fsp3) is 0.500. The Morgan fingerprint density at radius 2 is 1.79 bits per heavy atom. The van der Waals surface area contributed by atoms with Crippen LogP contribution in [0.3, 0.4) is 0 Å². The van der Waals surface area contributed by atoms with Crippen LogP contribution in [0.2, 0.25) is 0 Å². The van der Waals surface area contributed by atoms with Crippen molar-refractivity contribution in [1.82, 2.24) is 15.8 Å². The van der Waals surface area contributed by atoms with Crippen molar-refractivity contribution in [2.45, 2.75) is 31.3 Å².